The second-order valence-electron chi connectivity index (χ2n) is 6.26. The highest BCUT2D eigenvalue weighted by Crippen LogP contribution is 2.28. The third-order valence-corrected chi connectivity index (χ3v) is 3.90. The van der Waals surface area contributed by atoms with Crippen molar-refractivity contribution in [3.63, 3.8) is 0 Å². The molecule has 2 rings (SSSR count). The minimum absolute atomic E-state index is 0.136. The standard InChI is InChI=1S/C18H25NO3/c1-11(2)6-7-12(3)19-18(20)17-13(4)15-10-14(21-5)8-9-16(15)22-17/h8-12H,6-7H2,1-5H3,(H,19,20). The van der Waals surface area contributed by atoms with Gasteiger partial charge < -0.3 is 14.5 Å². The quantitative estimate of drug-likeness (QED) is 0.865. The first-order valence-corrected chi connectivity index (χ1v) is 7.80. The van der Waals surface area contributed by atoms with Crippen LogP contribution in [0.1, 0.15) is 49.7 Å². The Kier molecular flexibility index (Phi) is 5.11. The number of carbonyl (C=O) groups is 1. The maximum Gasteiger partial charge on any atom is 0.287 e. The minimum atomic E-state index is -0.149. The van der Waals surface area contributed by atoms with Gasteiger partial charge in [-0.05, 0) is 50.8 Å². The van der Waals surface area contributed by atoms with Gasteiger partial charge in [0.1, 0.15) is 11.3 Å². The Morgan fingerprint density at radius 3 is 2.64 bits per heavy atom. The SMILES string of the molecule is COc1ccc2oc(C(=O)NC(C)CCC(C)C)c(C)c2c1. The lowest BCUT2D eigenvalue weighted by Gasteiger charge is -2.14. The van der Waals surface area contributed by atoms with Gasteiger partial charge in [0.15, 0.2) is 5.76 Å². The number of rotatable bonds is 6. The third kappa shape index (κ3) is 3.62. The zero-order valence-corrected chi connectivity index (χ0v) is 14.0. The second-order valence-corrected chi connectivity index (χ2v) is 6.26. The number of ether oxygens (including phenoxy) is 1. The summed E-state index contributed by atoms with van der Waals surface area (Å²) in [5.74, 6) is 1.64. The van der Waals surface area contributed by atoms with Crippen LogP contribution in [0.5, 0.6) is 5.75 Å². The zero-order valence-electron chi connectivity index (χ0n) is 14.0. The van der Waals surface area contributed by atoms with Gasteiger partial charge in [-0.3, -0.25) is 4.79 Å². The highest BCUT2D eigenvalue weighted by molar-refractivity contribution is 5.99. The molecule has 1 atom stereocenters. The molecule has 4 nitrogen and oxygen atoms in total. The van der Waals surface area contributed by atoms with Gasteiger partial charge in [-0.25, -0.2) is 0 Å². The molecule has 0 saturated carbocycles. The predicted octanol–water partition coefficient (Wildman–Crippen LogP) is 4.30. The van der Waals surface area contributed by atoms with Crippen LogP contribution in [0.15, 0.2) is 22.6 Å². The number of benzene rings is 1. The lowest BCUT2D eigenvalue weighted by atomic mass is 10.0. The van der Waals surface area contributed by atoms with Crippen LogP contribution < -0.4 is 10.1 Å². The van der Waals surface area contributed by atoms with Crippen LogP contribution in [0.25, 0.3) is 11.0 Å². The predicted molar refractivity (Wildman–Crippen MR) is 88.5 cm³/mol. The largest absolute Gasteiger partial charge is 0.497 e. The van der Waals surface area contributed by atoms with E-state index in [1.807, 2.05) is 32.0 Å². The maximum atomic E-state index is 12.4. The van der Waals surface area contributed by atoms with E-state index in [4.69, 9.17) is 9.15 Å². The first-order valence-electron chi connectivity index (χ1n) is 7.80. The van der Waals surface area contributed by atoms with Crippen molar-refractivity contribution in [2.45, 2.75) is 46.6 Å². The highest BCUT2D eigenvalue weighted by atomic mass is 16.5. The lowest BCUT2D eigenvalue weighted by molar-refractivity contribution is 0.0910. The van der Waals surface area contributed by atoms with Crippen molar-refractivity contribution in [3.05, 3.63) is 29.5 Å². The van der Waals surface area contributed by atoms with Crippen LogP contribution in [0.3, 0.4) is 0 Å². The van der Waals surface area contributed by atoms with Crippen molar-refractivity contribution in [3.8, 4) is 5.75 Å². The molecule has 0 aliphatic carbocycles. The average molecular weight is 303 g/mol. The molecule has 0 saturated heterocycles. The van der Waals surface area contributed by atoms with Crippen LogP contribution in [-0.4, -0.2) is 19.1 Å². The van der Waals surface area contributed by atoms with Gasteiger partial charge in [0.05, 0.1) is 7.11 Å². The van der Waals surface area contributed by atoms with Gasteiger partial charge >= 0.3 is 0 Å². The number of nitrogens with one attached hydrogen (secondary N) is 1. The first kappa shape index (κ1) is 16.4. The van der Waals surface area contributed by atoms with Crippen molar-refractivity contribution >= 4 is 16.9 Å². The van der Waals surface area contributed by atoms with Gasteiger partial charge in [0, 0.05) is 17.0 Å². The van der Waals surface area contributed by atoms with Crippen LogP contribution in [0.2, 0.25) is 0 Å². The number of aryl methyl sites for hydroxylation is 1. The average Bonchev–Trinajstić information content (AvgIpc) is 2.82. The summed E-state index contributed by atoms with van der Waals surface area (Å²) in [4.78, 5) is 12.4. The molecule has 1 amide bonds. The third-order valence-electron chi connectivity index (χ3n) is 3.90. The highest BCUT2D eigenvalue weighted by Gasteiger charge is 2.19. The van der Waals surface area contributed by atoms with Crippen molar-refractivity contribution in [2.75, 3.05) is 7.11 Å². The molecule has 0 spiro atoms. The van der Waals surface area contributed by atoms with E-state index in [1.165, 1.54) is 0 Å². The molecule has 1 unspecified atom stereocenters. The molecule has 22 heavy (non-hydrogen) atoms. The maximum absolute atomic E-state index is 12.4. The van der Waals surface area contributed by atoms with Crippen molar-refractivity contribution in [1.82, 2.24) is 5.32 Å². The second kappa shape index (κ2) is 6.86. The van der Waals surface area contributed by atoms with E-state index in [9.17, 15) is 4.79 Å². The first-order chi connectivity index (χ1) is 10.4. The summed E-state index contributed by atoms with van der Waals surface area (Å²) >= 11 is 0. The van der Waals surface area contributed by atoms with Crippen molar-refractivity contribution < 1.29 is 13.9 Å². The Morgan fingerprint density at radius 2 is 2.00 bits per heavy atom. The molecule has 0 aliphatic rings. The number of amides is 1. The summed E-state index contributed by atoms with van der Waals surface area (Å²) in [5.41, 5.74) is 1.56. The number of fused-ring (bicyclic) bond motifs is 1. The fourth-order valence-corrected chi connectivity index (χ4v) is 2.49. The molecule has 0 fully saturated rings. The summed E-state index contributed by atoms with van der Waals surface area (Å²) in [6, 6.07) is 5.70. The molecule has 4 heteroatoms. The van der Waals surface area contributed by atoms with Gasteiger partial charge in [0.2, 0.25) is 0 Å². The van der Waals surface area contributed by atoms with Gasteiger partial charge in [0.25, 0.3) is 5.91 Å². The molecule has 1 N–H and O–H groups in total. The summed E-state index contributed by atoms with van der Waals surface area (Å²) in [6.45, 7) is 8.30. The summed E-state index contributed by atoms with van der Waals surface area (Å²) < 4.78 is 10.9. The number of methoxy groups -OCH3 is 1. The van der Waals surface area contributed by atoms with E-state index in [1.54, 1.807) is 7.11 Å². The van der Waals surface area contributed by atoms with Gasteiger partial charge in [-0.2, -0.15) is 0 Å². The molecule has 0 radical (unpaired) electrons. The van der Waals surface area contributed by atoms with E-state index in [2.05, 4.69) is 19.2 Å². The fourth-order valence-electron chi connectivity index (χ4n) is 2.49. The van der Waals surface area contributed by atoms with E-state index < -0.39 is 0 Å². The number of hydrogen-bond donors (Lipinski definition) is 1. The Labute approximate surface area is 131 Å². The normalized spacial score (nSPS) is 12.6. The van der Waals surface area contributed by atoms with Crippen molar-refractivity contribution in [2.24, 2.45) is 5.92 Å². The van der Waals surface area contributed by atoms with E-state index in [0.29, 0.717) is 17.3 Å². The molecular weight excluding hydrogens is 278 g/mol. The van der Waals surface area contributed by atoms with Gasteiger partial charge in [-0.1, -0.05) is 13.8 Å². The number of furan rings is 1. The van der Waals surface area contributed by atoms with Crippen molar-refractivity contribution in [1.29, 1.82) is 0 Å². The smallest absolute Gasteiger partial charge is 0.287 e. The molecule has 120 valence electrons. The van der Waals surface area contributed by atoms with E-state index in [-0.39, 0.29) is 11.9 Å². The lowest BCUT2D eigenvalue weighted by Crippen LogP contribution is -2.32. The van der Waals surface area contributed by atoms with E-state index in [0.717, 1.165) is 29.5 Å². The summed E-state index contributed by atoms with van der Waals surface area (Å²) in [5, 5.41) is 3.93. The molecule has 1 aromatic carbocycles. The Balaban J connectivity index is 2.16. The number of hydrogen-bond acceptors (Lipinski definition) is 3. The molecule has 1 aromatic heterocycles. The van der Waals surface area contributed by atoms with E-state index >= 15 is 0 Å². The molecule has 1 heterocycles. The van der Waals surface area contributed by atoms with Crippen LogP contribution in [0.4, 0.5) is 0 Å². The van der Waals surface area contributed by atoms with Gasteiger partial charge in [-0.15, -0.1) is 0 Å². The fraction of sp³-hybridized carbons (Fsp3) is 0.500. The Morgan fingerprint density at radius 1 is 1.27 bits per heavy atom. The zero-order chi connectivity index (χ0) is 16.3. The van der Waals surface area contributed by atoms with Crippen LogP contribution >= 0.6 is 0 Å². The Bertz CT molecular complexity index is 658. The van der Waals surface area contributed by atoms with Crippen LogP contribution in [-0.2, 0) is 0 Å². The molecule has 0 aliphatic heterocycles. The van der Waals surface area contributed by atoms with Crippen LogP contribution in [0, 0.1) is 12.8 Å². The molecule has 0 bridgehead atoms. The molecular formula is C18H25NO3. The summed E-state index contributed by atoms with van der Waals surface area (Å²) in [7, 11) is 1.63. The Hall–Kier alpha value is -1.97. The minimum Gasteiger partial charge on any atom is -0.497 e. The topological polar surface area (TPSA) is 51.5 Å². The number of carbonyl (C=O) groups excluding carboxylic acids is 1. The monoisotopic (exact) mass is 303 g/mol. The summed E-state index contributed by atoms with van der Waals surface area (Å²) in [6.07, 6.45) is 2.06. The molecule has 2 aromatic rings.